The van der Waals surface area contributed by atoms with Crippen molar-refractivity contribution in [1.82, 2.24) is 5.32 Å². The Hall–Kier alpha value is -2.14. The summed E-state index contributed by atoms with van der Waals surface area (Å²) >= 11 is 0. The molecule has 118 valence electrons. The fraction of sp³-hybridized carbons (Fsp3) is 0.412. The molecule has 1 N–H and O–H groups in total. The van der Waals surface area contributed by atoms with Gasteiger partial charge in [0.1, 0.15) is 6.61 Å². The summed E-state index contributed by atoms with van der Waals surface area (Å²) in [4.78, 5) is 23.1. The monoisotopic (exact) mass is 303 g/mol. The van der Waals surface area contributed by atoms with Gasteiger partial charge in [0.2, 0.25) is 0 Å². The second-order valence-corrected chi connectivity index (χ2v) is 5.15. The van der Waals surface area contributed by atoms with E-state index in [1.165, 1.54) is 6.08 Å². The van der Waals surface area contributed by atoms with E-state index in [0.29, 0.717) is 12.2 Å². The van der Waals surface area contributed by atoms with Gasteiger partial charge in [-0.2, -0.15) is 0 Å². The zero-order valence-electron chi connectivity index (χ0n) is 12.7. The zero-order valence-corrected chi connectivity index (χ0v) is 12.7. The van der Waals surface area contributed by atoms with Gasteiger partial charge in [0.25, 0.3) is 5.91 Å². The fourth-order valence-corrected chi connectivity index (χ4v) is 2.22. The van der Waals surface area contributed by atoms with E-state index in [1.54, 1.807) is 37.4 Å². The maximum absolute atomic E-state index is 11.7. The lowest BCUT2D eigenvalue weighted by Gasteiger charge is -2.21. The van der Waals surface area contributed by atoms with Crippen LogP contribution in [0.15, 0.2) is 30.3 Å². The zero-order chi connectivity index (χ0) is 15.8. The van der Waals surface area contributed by atoms with Crippen LogP contribution in [0.3, 0.4) is 0 Å². The molecule has 2 rings (SSSR count). The molecule has 1 unspecified atom stereocenters. The highest BCUT2D eigenvalue weighted by Crippen LogP contribution is 2.13. The summed E-state index contributed by atoms with van der Waals surface area (Å²) < 4.78 is 10.7. The van der Waals surface area contributed by atoms with Crippen LogP contribution in [-0.2, 0) is 14.3 Å². The van der Waals surface area contributed by atoms with E-state index < -0.39 is 0 Å². The average Bonchev–Trinajstić information content (AvgIpc) is 2.58. The quantitative estimate of drug-likeness (QED) is 0.669. The molecule has 1 atom stereocenters. The van der Waals surface area contributed by atoms with E-state index in [1.807, 2.05) is 0 Å². The Bertz CT molecular complexity index is 530. The Morgan fingerprint density at radius 1 is 1.32 bits per heavy atom. The van der Waals surface area contributed by atoms with Gasteiger partial charge in [-0.15, -0.1) is 0 Å². The van der Waals surface area contributed by atoms with Crippen molar-refractivity contribution in [2.75, 3.05) is 20.3 Å². The van der Waals surface area contributed by atoms with Crippen molar-refractivity contribution in [2.45, 2.75) is 25.4 Å². The molecule has 0 aromatic heterocycles. The maximum atomic E-state index is 11.7. The number of hydrogen-bond donors (Lipinski definition) is 1. The molecule has 1 fully saturated rings. The summed E-state index contributed by atoms with van der Waals surface area (Å²) in [5, 5.41) is 2.56. The Morgan fingerprint density at radius 2 is 2.09 bits per heavy atom. The van der Waals surface area contributed by atoms with Gasteiger partial charge in [0, 0.05) is 25.3 Å². The number of hydrogen-bond acceptors (Lipinski definition) is 4. The molecule has 1 aliphatic rings. The largest absolute Gasteiger partial charge is 0.460 e. The summed E-state index contributed by atoms with van der Waals surface area (Å²) in [6.45, 7) is 1.05. The predicted molar refractivity (Wildman–Crippen MR) is 83.4 cm³/mol. The van der Waals surface area contributed by atoms with Crippen LogP contribution in [0.25, 0.3) is 6.08 Å². The molecule has 0 radical (unpaired) electrons. The van der Waals surface area contributed by atoms with Crippen molar-refractivity contribution >= 4 is 18.0 Å². The van der Waals surface area contributed by atoms with E-state index in [2.05, 4.69) is 5.32 Å². The summed E-state index contributed by atoms with van der Waals surface area (Å²) in [5.41, 5.74) is 1.41. The van der Waals surface area contributed by atoms with Crippen LogP contribution in [0.2, 0.25) is 0 Å². The van der Waals surface area contributed by atoms with Crippen molar-refractivity contribution < 1.29 is 19.1 Å². The van der Waals surface area contributed by atoms with Crippen molar-refractivity contribution in [3.63, 3.8) is 0 Å². The first-order valence-corrected chi connectivity index (χ1v) is 7.47. The molecule has 0 saturated carbocycles. The molecule has 1 aliphatic heterocycles. The molecule has 0 aliphatic carbocycles. The van der Waals surface area contributed by atoms with Crippen molar-refractivity contribution in [3.05, 3.63) is 41.5 Å². The summed E-state index contributed by atoms with van der Waals surface area (Å²) in [6, 6.07) is 6.97. The van der Waals surface area contributed by atoms with Crippen LogP contribution in [0.1, 0.15) is 35.2 Å². The number of amides is 1. The Labute approximate surface area is 130 Å². The SMILES string of the molecule is CNC(=O)c1ccc(/C=C/C(=O)OCC2CCCCO2)cc1. The molecule has 0 bridgehead atoms. The van der Waals surface area contributed by atoms with Gasteiger partial charge >= 0.3 is 5.97 Å². The third-order valence-corrected chi connectivity index (χ3v) is 3.50. The van der Waals surface area contributed by atoms with E-state index >= 15 is 0 Å². The van der Waals surface area contributed by atoms with Crippen LogP contribution < -0.4 is 5.32 Å². The van der Waals surface area contributed by atoms with Crippen molar-refractivity contribution in [1.29, 1.82) is 0 Å². The first-order valence-electron chi connectivity index (χ1n) is 7.47. The van der Waals surface area contributed by atoms with Gasteiger partial charge in [-0.1, -0.05) is 12.1 Å². The number of carbonyl (C=O) groups excluding carboxylic acids is 2. The Balaban J connectivity index is 1.80. The molecule has 22 heavy (non-hydrogen) atoms. The van der Waals surface area contributed by atoms with Crippen LogP contribution in [0, 0.1) is 0 Å². The normalized spacial score (nSPS) is 18.1. The molecule has 1 heterocycles. The third-order valence-electron chi connectivity index (χ3n) is 3.50. The third kappa shape index (κ3) is 5.00. The van der Waals surface area contributed by atoms with E-state index in [0.717, 1.165) is 31.4 Å². The number of carbonyl (C=O) groups is 2. The molecular formula is C17H21NO4. The average molecular weight is 303 g/mol. The highest BCUT2D eigenvalue weighted by atomic mass is 16.6. The standard InChI is InChI=1S/C17H21NO4/c1-18-17(20)14-8-5-13(6-9-14)7-10-16(19)22-12-15-4-2-3-11-21-15/h5-10,15H,2-4,11-12H2,1H3,(H,18,20)/b10-7+. The number of benzene rings is 1. The highest BCUT2D eigenvalue weighted by Gasteiger charge is 2.15. The number of ether oxygens (including phenoxy) is 2. The molecule has 5 heteroatoms. The Morgan fingerprint density at radius 3 is 2.73 bits per heavy atom. The van der Waals surface area contributed by atoms with Gasteiger partial charge in [0.15, 0.2) is 0 Å². The van der Waals surface area contributed by atoms with Gasteiger partial charge in [-0.05, 0) is 43.0 Å². The van der Waals surface area contributed by atoms with Gasteiger partial charge in [-0.25, -0.2) is 4.79 Å². The minimum Gasteiger partial charge on any atom is -0.460 e. The van der Waals surface area contributed by atoms with Crippen LogP contribution in [-0.4, -0.2) is 38.2 Å². The molecule has 0 spiro atoms. The smallest absolute Gasteiger partial charge is 0.330 e. The van der Waals surface area contributed by atoms with Gasteiger partial charge in [0.05, 0.1) is 6.10 Å². The van der Waals surface area contributed by atoms with Crippen LogP contribution in [0.4, 0.5) is 0 Å². The number of esters is 1. The molecule has 1 saturated heterocycles. The first-order chi connectivity index (χ1) is 10.7. The second-order valence-electron chi connectivity index (χ2n) is 5.15. The minimum atomic E-state index is -0.385. The fourth-order valence-electron chi connectivity index (χ4n) is 2.22. The molecule has 1 aromatic rings. The van der Waals surface area contributed by atoms with Crippen LogP contribution >= 0.6 is 0 Å². The Kier molecular flexibility index (Phi) is 6.15. The molecule has 1 aromatic carbocycles. The minimum absolute atomic E-state index is 0.0259. The summed E-state index contributed by atoms with van der Waals surface area (Å²) in [7, 11) is 1.59. The maximum Gasteiger partial charge on any atom is 0.330 e. The lowest BCUT2D eigenvalue weighted by molar-refractivity contribution is -0.143. The lowest BCUT2D eigenvalue weighted by Crippen LogP contribution is -2.25. The van der Waals surface area contributed by atoms with E-state index in [-0.39, 0.29) is 18.0 Å². The van der Waals surface area contributed by atoms with Crippen LogP contribution in [0.5, 0.6) is 0 Å². The molecular weight excluding hydrogens is 282 g/mol. The summed E-state index contributed by atoms with van der Waals surface area (Å²) in [6.07, 6.45) is 6.22. The topological polar surface area (TPSA) is 64.6 Å². The molecule has 1 amide bonds. The highest BCUT2D eigenvalue weighted by molar-refractivity contribution is 5.94. The van der Waals surface area contributed by atoms with E-state index in [4.69, 9.17) is 9.47 Å². The summed E-state index contributed by atoms with van der Waals surface area (Å²) in [5.74, 6) is -0.521. The van der Waals surface area contributed by atoms with Gasteiger partial charge in [-0.3, -0.25) is 4.79 Å². The predicted octanol–water partition coefficient (Wildman–Crippen LogP) is 2.17. The molecule has 5 nitrogen and oxygen atoms in total. The number of rotatable bonds is 5. The van der Waals surface area contributed by atoms with Crippen molar-refractivity contribution in [3.8, 4) is 0 Å². The van der Waals surface area contributed by atoms with Crippen molar-refractivity contribution in [2.24, 2.45) is 0 Å². The first kappa shape index (κ1) is 16.2. The van der Waals surface area contributed by atoms with Gasteiger partial charge < -0.3 is 14.8 Å². The number of nitrogens with one attached hydrogen (secondary N) is 1. The second kappa shape index (κ2) is 8.34. The van der Waals surface area contributed by atoms with E-state index in [9.17, 15) is 9.59 Å². The lowest BCUT2D eigenvalue weighted by atomic mass is 10.1.